The normalized spacial score (nSPS) is 10.9. The third-order valence-corrected chi connectivity index (χ3v) is 4.49. The number of nitrogens with one attached hydrogen (secondary N) is 2. The third kappa shape index (κ3) is 4.61. The van der Waals surface area contributed by atoms with Crippen LogP contribution in [-0.4, -0.2) is 25.7 Å². The van der Waals surface area contributed by atoms with Gasteiger partial charge in [0.2, 0.25) is 0 Å². The fourth-order valence-corrected chi connectivity index (χ4v) is 2.79. The molecule has 2 N–H and O–H groups in total. The van der Waals surface area contributed by atoms with E-state index in [1.54, 1.807) is 24.3 Å². The number of anilines is 1. The third-order valence-electron chi connectivity index (χ3n) is 3.16. The SMILES string of the molecule is Cc1ccccc1C(=O)NC(=S)Nc1ccc(S(C)(=O)=O)cc1. The fraction of sp³-hybridized carbons (Fsp3) is 0.125. The van der Waals surface area contributed by atoms with Crippen LogP contribution < -0.4 is 10.6 Å². The summed E-state index contributed by atoms with van der Waals surface area (Å²) >= 11 is 5.10. The van der Waals surface area contributed by atoms with Gasteiger partial charge in [-0.25, -0.2) is 8.42 Å². The van der Waals surface area contributed by atoms with Crippen LogP contribution >= 0.6 is 12.2 Å². The second-order valence-corrected chi connectivity index (χ2v) is 7.44. The molecule has 0 atom stereocenters. The highest BCUT2D eigenvalue weighted by molar-refractivity contribution is 7.90. The summed E-state index contributed by atoms with van der Waals surface area (Å²) in [4.78, 5) is 12.4. The molecule has 0 heterocycles. The van der Waals surface area contributed by atoms with E-state index in [2.05, 4.69) is 10.6 Å². The van der Waals surface area contributed by atoms with Crippen molar-refractivity contribution < 1.29 is 13.2 Å². The Balaban J connectivity index is 2.03. The van der Waals surface area contributed by atoms with E-state index in [0.717, 1.165) is 11.8 Å². The van der Waals surface area contributed by atoms with E-state index < -0.39 is 9.84 Å². The van der Waals surface area contributed by atoms with E-state index in [9.17, 15) is 13.2 Å². The summed E-state index contributed by atoms with van der Waals surface area (Å²) in [6.45, 7) is 1.84. The number of carbonyl (C=O) groups is 1. The topological polar surface area (TPSA) is 75.3 Å². The van der Waals surface area contributed by atoms with E-state index in [0.29, 0.717) is 11.3 Å². The molecule has 0 fully saturated rings. The smallest absolute Gasteiger partial charge is 0.257 e. The zero-order valence-electron chi connectivity index (χ0n) is 12.7. The maximum absolute atomic E-state index is 12.1. The lowest BCUT2D eigenvalue weighted by atomic mass is 10.1. The quantitative estimate of drug-likeness (QED) is 0.834. The van der Waals surface area contributed by atoms with Crippen LogP contribution in [0.25, 0.3) is 0 Å². The summed E-state index contributed by atoms with van der Waals surface area (Å²) in [6.07, 6.45) is 1.14. The first kappa shape index (κ1) is 17.1. The Morgan fingerprint density at radius 3 is 2.22 bits per heavy atom. The summed E-state index contributed by atoms with van der Waals surface area (Å²) in [7, 11) is -3.24. The van der Waals surface area contributed by atoms with E-state index in [1.807, 2.05) is 19.1 Å². The number of rotatable bonds is 3. The van der Waals surface area contributed by atoms with Gasteiger partial charge in [-0.3, -0.25) is 10.1 Å². The molecule has 2 aromatic carbocycles. The molecule has 0 aromatic heterocycles. The van der Waals surface area contributed by atoms with Gasteiger partial charge >= 0.3 is 0 Å². The fourth-order valence-electron chi connectivity index (χ4n) is 1.95. The molecule has 120 valence electrons. The molecule has 0 aliphatic rings. The summed E-state index contributed by atoms with van der Waals surface area (Å²) in [6, 6.07) is 13.3. The number of thiocarbonyl (C=S) groups is 1. The van der Waals surface area contributed by atoms with Gasteiger partial charge in [-0.15, -0.1) is 0 Å². The van der Waals surface area contributed by atoms with Crippen LogP contribution in [-0.2, 0) is 9.84 Å². The first-order valence-electron chi connectivity index (χ1n) is 6.75. The zero-order valence-corrected chi connectivity index (χ0v) is 14.3. The summed E-state index contributed by atoms with van der Waals surface area (Å²) < 4.78 is 22.8. The predicted molar refractivity (Wildman–Crippen MR) is 94.4 cm³/mol. The number of carbonyl (C=O) groups excluding carboxylic acids is 1. The van der Waals surface area contributed by atoms with E-state index in [1.165, 1.54) is 12.1 Å². The van der Waals surface area contributed by atoms with Crippen molar-refractivity contribution in [2.24, 2.45) is 0 Å². The summed E-state index contributed by atoms with van der Waals surface area (Å²) in [5, 5.41) is 5.58. The lowest BCUT2D eigenvalue weighted by Gasteiger charge is -2.11. The van der Waals surface area contributed by atoms with Gasteiger partial charge in [0.1, 0.15) is 0 Å². The van der Waals surface area contributed by atoms with Gasteiger partial charge in [0.15, 0.2) is 14.9 Å². The van der Waals surface area contributed by atoms with Gasteiger partial charge in [-0.1, -0.05) is 18.2 Å². The molecule has 0 radical (unpaired) electrons. The highest BCUT2D eigenvalue weighted by atomic mass is 32.2. The van der Waals surface area contributed by atoms with E-state index in [-0.39, 0.29) is 15.9 Å². The maximum Gasteiger partial charge on any atom is 0.257 e. The highest BCUT2D eigenvalue weighted by Crippen LogP contribution is 2.14. The number of benzene rings is 2. The van der Waals surface area contributed by atoms with Crippen molar-refractivity contribution >= 4 is 38.8 Å². The van der Waals surface area contributed by atoms with Gasteiger partial charge < -0.3 is 5.32 Å². The number of aryl methyl sites for hydroxylation is 1. The second kappa shape index (κ2) is 6.89. The van der Waals surface area contributed by atoms with Crippen molar-refractivity contribution in [3.8, 4) is 0 Å². The van der Waals surface area contributed by atoms with Gasteiger partial charge in [-0.05, 0) is 55.0 Å². The summed E-state index contributed by atoms with van der Waals surface area (Å²) in [5.74, 6) is -0.298. The van der Waals surface area contributed by atoms with Gasteiger partial charge in [0.25, 0.3) is 5.91 Å². The van der Waals surface area contributed by atoms with E-state index >= 15 is 0 Å². The lowest BCUT2D eigenvalue weighted by molar-refractivity contribution is 0.0977. The molecular formula is C16H16N2O3S2. The number of sulfone groups is 1. The molecule has 0 unspecified atom stereocenters. The van der Waals surface area contributed by atoms with Crippen LogP contribution in [0.1, 0.15) is 15.9 Å². The molecule has 5 nitrogen and oxygen atoms in total. The average Bonchev–Trinajstić information content (AvgIpc) is 2.47. The molecule has 0 aliphatic carbocycles. The highest BCUT2D eigenvalue weighted by Gasteiger charge is 2.11. The first-order valence-corrected chi connectivity index (χ1v) is 9.05. The van der Waals surface area contributed by atoms with Gasteiger partial charge in [0, 0.05) is 17.5 Å². The summed E-state index contributed by atoms with van der Waals surface area (Å²) in [5.41, 5.74) is 1.99. The van der Waals surface area contributed by atoms with Crippen LogP contribution in [0.5, 0.6) is 0 Å². The standard InChI is InChI=1S/C16H16N2O3S2/c1-11-5-3-4-6-14(11)15(19)18-16(22)17-12-7-9-13(10-8-12)23(2,20)21/h3-10H,1-2H3,(H2,17,18,19,22). The van der Waals surface area contributed by atoms with Crippen LogP contribution in [0.15, 0.2) is 53.4 Å². The number of hydrogen-bond donors (Lipinski definition) is 2. The molecular weight excluding hydrogens is 332 g/mol. The van der Waals surface area contributed by atoms with Crippen LogP contribution in [0, 0.1) is 6.92 Å². The molecule has 0 spiro atoms. The Hall–Kier alpha value is -2.25. The molecule has 0 saturated heterocycles. The molecule has 2 aromatic rings. The lowest BCUT2D eigenvalue weighted by Crippen LogP contribution is -2.34. The second-order valence-electron chi connectivity index (χ2n) is 5.02. The monoisotopic (exact) mass is 348 g/mol. The minimum Gasteiger partial charge on any atom is -0.332 e. The maximum atomic E-state index is 12.1. The first-order chi connectivity index (χ1) is 10.8. The van der Waals surface area contributed by atoms with Crippen LogP contribution in [0.4, 0.5) is 5.69 Å². The molecule has 0 aliphatic heterocycles. The molecule has 1 amide bonds. The zero-order chi connectivity index (χ0) is 17.0. The minimum atomic E-state index is -3.24. The Morgan fingerprint density at radius 2 is 1.65 bits per heavy atom. The predicted octanol–water partition coefficient (Wildman–Crippen LogP) is 2.53. The largest absolute Gasteiger partial charge is 0.332 e. The van der Waals surface area contributed by atoms with E-state index in [4.69, 9.17) is 12.2 Å². The van der Waals surface area contributed by atoms with Gasteiger partial charge in [-0.2, -0.15) is 0 Å². The molecule has 0 saturated carbocycles. The van der Waals surface area contributed by atoms with Crippen molar-refractivity contribution in [1.82, 2.24) is 5.32 Å². The Kier molecular flexibility index (Phi) is 5.12. The Bertz CT molecular complexity index is 844. The molecule has 2 rings (SSSR count). The average molecular weight is 348 g/mol. The van der Waals surface area contributed by atoms with Crippen molar-refractivity contribution in [3.63, 3.8) is 0 Å². The molecule has 7 heteroatoms. The van der Waals surface area contributed by atoms with Crippen molar-refractivity contribution in [1.29, 1.82) is 0 Å². The van der Waals surface area contributed by atoms with Crippen molar-refractivity contribution in [2.45, 2.75) is 11.8 Å². The Labute approximate surface area is 140 Å². The number of hydrogen-bond acceptors (Lipinski definition) is 4. The molecule has 23 heavy (non-hydrogen) atoms. The molecule has 0 bridgehead atoms. The van der Waals surface area contributed by atoms with Gasteiger partial charge in [0.05, 0.1) is 4.90 Å². The Morgan fingerprint density at radius 1 is 1.04 bits per heavy atom. The van der Waals surface area contributed by atoms with Crippen LogP contribution in [0.3, 0.4) is 0 Å². The minimum absolute atomic E-state index is 0.144. The van der Waals surface area contributed by atoms with Crippen LogP contribution in [0.2, 0.25) is 0 Å². The number of amides is 1. The van der Waals surface area contributed by atoms with Crippen molar-refractivity contribution in [3.05, 3.63) is 59.7 Å². The van der Waals surface area contributed by atoms with Crippen molar-refractivity contribution in [2.75, 3.05) is 11.6 Å².